The molecule has 0 bridgehead atoms. The van der Waals surface area contributed by atoms with E-state index in [0.717, 1.165) is 18.7 Å². The van der Waals surface area contributed by atoms with E-state index in [2.05, 4.69) is 11.8 Å². The Morgan fingerprint density at radius 2 is 2.29 bits per heavy atom. The number of piperidine rings is 1. The van der Waals surface area contributed by atoms with Crippen LogP contribution in [0.1, 0.15) is 43.1 Å². The molecule has 1 atom stereocenters. The second-order valence-electron chi connectivity index (χ2n) is 4.96. The number of carbonyl (C=O) groups is 1. The summed E-state index contributed by atoms with van der Waals surface area (Å²) in [6, 6.07) is 4.45. The molecule has 3 heteroatoms. The van der Waals surface area contributed by atoms with E-state index in [1.54, 1.807) is 0 Å². The number of carbonyl (C=O) groups excluding carboxylic acids is 1. The molecule has 94 valence electrons. The summed E-state index contributed by atoms with van der Waals surface area (Å²) in [6.07, 6.45) is 6.88. The van der Waals surface area contributed by atoms with Crippen molar-refractivity contribution in [2.75, 3.05) is 13.1 Å². The van der Waals surface area contributed by atoms with E-state index in [9.17, 15) is 4.79 Å². The minimum absolute atomic E-state index is 0.248. The number of hydrogen-bond donors (Lipinski definition) is 0. The van der Waals surface area contributed by atoms with Crippen LogP contribution >= 0.6 is 0 Å². The quantitative estimate of drug-likeness (QED) is 0.748. The summed E-state index contributed by atoms with van der Waals surface area (Å²) in [5, 5.41) is 0. The lowest BCUT2D eigenvalue weighted by atomic mass is 9.99. The zero-order chi connectivity index (χ0) is 12.3. The molecule has 17 heavy (non-hydrogen) atoms. The lowest BCUT2D eigenvalue weighted by molar-refractivity contribution is 0.0830. The van der Waals surface area contributed by atoms with Crippen molar-refractivity contribution in [2.24, 2.45) is 7.05 Å². The average Bonchev–Trinajstić information content (AvgIpc) is 2.76. The van der Waals surface area contributed by atoms with Gasteiger partial charge in [-0.15, -0.1) is 0 Å². The molecule has 0 N–H and O–H groups in total. The lowest BCUT2D eigenvalue weighted by Gasteiger charge is -2.34. The van der Waals surface area contributed by atoms with Gasteiger partial charge in [0.15, 0.2) is 5.78 Å². The molecule has 0 aliphatic carbocycles. The normalized spacial score (nSPS) is 21.6. The number of ketones is 1. The van der Waals surface area contributed by atoms with Gasteiger partial charge < -0.3 is 4.57 Å². The van der Waals surface area contributed by atoms with E-state index >= 15 is 0 Å². The van der Waals surface area contributed by atoms with Crippen LogP contribution in [0.25, 0.3) is 0 Å². The van der Waals surface area contributed by atoms with Crippen LogP contribution in [0.4, 0.5) is 0 Å². The van der Waals surface area contributed by atoms with Gasteiger partial charge in [0.2, 0.25) is 0 Å². The van der Waals surface area contributed by atoms with Crippen LogP contribution in [0, 0.1) is 0 Å². The topological polar surface area (TPSA) is 25.2 Å². The molecule has 2 heterocycles. The summed E-state index contributed by atoms with van der Waals surface area (Å²) >= 11 is 0. The number of rotatable bonds is 4. The van der Waals surface area contributed by atoms with Gasteiger partial charge in [-0.3, -0.25) is 9.69 Å². The Balaban J connectivity index is 2.00. The van der Waals surface area contributed by atoms with Crippen molar-refractivity contribution in [3.8, 4) is 0 Å². The van der Waals surface area contributed by atoms with Crippen LogP contribution in [-0.4, -0.2) is 34.4 Å². The highest BCUT2D eigenvalue weighted by Crippen LogP contribution is 2.19. The fraction of sp³-hybridized carbons (Fsp3) is 0.643. The highest BCUT2D eigenvalue weighted by atomic mass is 16.1. The van der Waals surface area contributed by atoms with Gasteiger partial charge in [0.25, 0.3) is 0 Å². The molecular formula is C14H22N2O. The predicted molar refractivity (Wildman–Crippen MR) is 69.2 cm³/mol. The maximum atomic E-state index is 12.2. The van der Waals surface area contributed by atoms with Crippen LogP contribution in [-0.2, 0) is 7.05 Å². The molecule has 2 rings (SSSR count). The Morgan fingerprint density at radius 1 is 1.47 bits per heavy atom. The van der Waals surface area contributed by atoms with Gasteiger partial charge in [-0.05, 0) is 37.9 Å². The Hall–Kier alpha value is -1.09. The molecule has 1 aromatic heterocycles. The first-order chi connectivity index (χ1) is 8.22. The van der Waals surface area contributed by atoms with Gasteiger partial charge in [-0.25, -0.2) is 0 Å². The second kappa shape index (κ2) is 5.50. The summed E-state index contributed by atoms with van der Waals surface area (Å²) in [4.78, 5) is 14.6. The molecule has 0 saturated carbocycles. The van der Waals surface area contributed by atoms with Crippen LogP contribution in [0.2, 0.25) is 0 Å². The molecule has 1 unspecified atom stereocenters. The van der Waals surface area contributed by atoms with E-state index in [1.165, 1.54) is 19.3 Å². The maximum absolute atomic E-state index is 12.2. The molecule has 1 aliphatic heterocycles. The predicted octanol–water partition coefficient (Wildman–Crippen LogP) is 2.47. The summed E-state index contributed by atoms with van der Waals surface area (Å²) in [5.74, 6) is 0.248. The van der Waals surface area contributed by atoms with Gasteiger partial charge in [0.05, 0.1) is 12.2 Å². The minimum Gasteiger partial charge on any atom is -0.348 e. The smallest absolute Gasteiger partial charge is 0.193 e. The van der Waals surface area contributed by atoms with E-state index < -0.39 is 0 Å². The summed E-state index contributed by atoms with van der Waals surface area (Å²) < 4.78 is 1.91. The lowest BCUT2D eigenvalue weighted by Crippen LogP contribution is -2.42. The number of aryl methyl sites for hydroxylation is 1. The average molecular weight is 234 g/mol. The zero-order valence-electron chi connectivity index (χ0n) is 10.9. The number of hydrogen-bond acceptors (Lipinski definition) is 2. The zero-order valence-corrected chi connectivity index (χ0v) is 10.9. The van der Waals surface area contributed by atoms with Crippen molar-refractivity contribution in [1.82, 2.24) is 9.47 Å². The number of Topliss-reactive ketones (excluding diaryl/α,β-unsaturated/α-hetero) is 1. The molecule has 1 aliphatic rings. The highest BCUT2D eigenvalue weighted by molar-refractivity contribution is 5.96. The molecule has 1 saturated heterocycles. The number of likely N-dealkylation sites (tertiary alicyclic amines) is 1. The van der Waals surface area contributed by atoms with Crippen LogP contribution in [0.3, 0.4) is 0 Å². The molecule has 1 fully saturated rings. The monoisotopic (exact) mass is 234 g/mol. The molecular weight excluding hydrogens is 212 g/mol. The fourth-order valence-corrected chi connectivity index (χ4v) is 2.75. The molecule has 1 aromatic rings. The van der Waals surface area contributed by atoms with Crippen LogP contribution in [0.15, 0.2) is 18.3 Å². The van der Waals surface area contributed by atoms with E-state index in [4.69, 9.17) is 0 Å². The first kappa shape index (κ1) is 12.4. The first-order valence-electron chi connectivity index (χ1n) is 6.61. The fourth-order valence-electron chi connectivity index (χ4n) is 2.75. The molecule has 3 nitrogen and oxygen atoms in total. The number of aromatic nitrogens is 1. The highest BCUT2D eigenvalue weighted by Gasteiger charge is 2.23. The van der Waals surface area contributed by atoms with Crippen molar-refractivity contribution in [1.29, 1.82) is 0 Å². The van der Waals surface area contributed by atoms with E-state index in [0.29, 0.717) is 12.6 Å². The van der Waals surface area contributed by atoms with Gasteiger partial charge in [0, 0.05) is 19.3 Å². The summed E-state index contributed by atoms with van der Waals surface area (Å²) in [7, 11) is 1.93. The van der Waals surface area contributed by atoms with E-state index in [-0.39, 0.29) is 5.78 Å². The van der Waals surface area contributed by atoms with Crippen LogP contribution in [0.5, 0.6) is 0 Å². The number of nitrogens with zero attached hydrogens (tertiary/aromatic N) is 2. The molecule has 0 spiro atoms. The second-order valence-corrected chi connectivity index (χ2v) is 4.96. The molecule has 0 amide bonds. The Kier molecular flexibility index (Phi) is 4.00. The first-order valence-corrected chi connectivity index (χ1v) is 6.61. The minimum atomic E-state index is 0.248. The molecule has 0 radical (unpaired) electrons. The van der Waals surface area contributed by atoms with Gasteiger partial charge >= 0.3 is 0 Å². The van der Waals surface area contributed by atoms with E-state index in [1.807, 2.05) is 29.9 Å². The molecule has 0 aromatic carbocycles. The van der Waals surface area contributed by atoms with Gasteiger partial charge in [-0.1, -0.05) is 13.3 Å². The van der Waals surface area contributed by atoms with Gasteiger partial charge in [-0.2, -0.15) is 0 Å². The van der Waals surface area contributed by atoms with Crippen LogP contribution < -0.4 is 0 Å². The summed E-state index contributed by atoms with van der Waals surface area (Å²) in [5.41, 5.74) is 0.824. The Bertz CT molecular complexity index is 383. The van der Waals surface area contributed by atoms with Crippen molar-refractivity contribution < 1.29 is 4.79 Å². The largest absolute Gasteiger partial charge is 0.348 e. The SMILES string of the molecule is CCC1CCCCN1CC(=O)c1cccn1C. The summed E-state index contributed by atoms with van der Waals surface area (Å²) in [6.45, 7) is 3.88. The van der Waals surface area contributed by atoms with Crippen molar-refractivity contribution in [3.63, 3.8) is 0 Å². The van der Waals surface area contributed by atoms with Crippen molar-refractivity contribution >= 4 is 5.78 Å². The standard InChI is InChI=1S/C14H22N2O/c1-3-12-7-4-5-10-16(12)11-14(17)13-8-6-9-15(13)2/h6,8-9,12H,3-5,7,10-11H2,1-2H3. The van der Waals surface area contributed by atoms with Crippen molar-refractivity contribution in [2.45, 2.75) is 38.6 Å². The third-order valence-electron chi connectivity index (χ3n) is 3.80. The van der Waals surface area contributed by atoms with Gasteiger partial charge in [0.1, 0.15) is 0 Å². The van der Waals surface area contributed by atoms with Crippen molar-refractivity contribution in [3.05, 3.63) is 24.0 Å². The maximum Gasteiger partial charge on any atom is 0.193 e. The Labute approximate surface area is 103 Å². The third-order valence-corrected chi connectivity index (χ3v) is 3.80. The third kappa shape index (κ3) is 2.78. The Morgan fingerprint density at radius 3 is 2.94 bits per heavy atom.